The fourth-order valence-electron chi connectivity index (χ4n) is 3.89. The van der Waals surface area contributed by atoms with Crippen molar-refractivity contribution < 1.29 is 9.32 Å². The highest BCUT2D eigenvalue weighted by atomic mass is 16.5. The number of hydrogen-bond acceptors (Lipinski definition) is 4. The number of aryl methyl sites for hydroxylation is 3. The Hall–Kier alpha value is -3.15. The SMILES string of the molecule is Cc1cccc(-c2noc(C3CCCCN3C(=O)Nc3c(C)cccc3C)n2)c1. The molecule has 6 nitrogen and oxygen atoms in total. The van der Waals surface area contributed by atoms with Gasteiger partial charge >= 0.3 is 6.03 Å². The molecule has 1 aliphatic heterocycles. The van der Waals surface area contributed by atoms with Crippen molar-refractivity contribution in [1.82, 2.24) is 15.0 Å². The minimum Gasteiger partial charge on any atom is -0.337 e. The number of piperidine rings is 1. The molecule has 29 heavy (non-hydrogen) atoms. The molecule has 1 atom stereocenters. The summed E-state index contributed by atoms with van der Waals surface area (Å²) < 4.78 is 5.59. The zero-order valence-electron chi connectivity index (χ0n) is 17.1. The molecule has 0 radical (unpaired) electrons. The lowest BCUT2D eigenvalue weighted by Gasteiger charge is -2.33. The molecule has 1 aromatic heterocycles. The van der Waals surface area contributed by atoms with Crippen LogP contribution in [0.15, 0.2) is 47.0 Å². The Kier molecular flexibility index (Phi) is 5.34. The van der Waals surface area contributed by atoms with Gasteiger partial charge in [0.05, 0.1) is 0 Å². The second-order valence-corrected chi connectivity index (χ2v) is 7.73. The number of carbonyl (C=O) groups excluding carboxylic acids is 1. The zero-order chi connectivity index (χ0) is 20.4. The van der Waals surface area contributed by atoms with E-state index in [0.29, 0.717) is 18.3 Å². The van der Waals surface area contributed by atoms with Gasteiger partial charge < -0.3 is 14.7 Å². The first-order valence-corrected chi connectivity index (χ1v) is 10.1. The van der Waals surface area contributed by atoms with Gasteiger partial charge in [0.15, 0.2) is 0 Å². The Morgan fingerprint density at radius 3 is 2.62 bits per heavy atom. The van der Waals surface area contributed by atoms with Crippen molar-refractivity contribution in [2.45, 2.75) is 46.1 Å². The van der Waals surface area contributed by atoms with Crippen LogP contribution >= 0.6 is 0 Å². The number of nitrogens with zero attached hydrogens (tertiary/aromatic N) is 3. The maximum absolute atomic E-state index is 13.1. The number of urea groups is 1. The molecule has 4 rings (SSSR count). The maximum atomic E-state index is 13.1. The van der Waals surface area contributed by atoms with E-state index in [9.17, 15) is 4.79 Å². The number of likely N-dealkylation sites (tertiary alicyclic amines) is 1. The predicted octanol–water partition coefficient (Wildman–Crippen LogP) is 5.42. The number of nitrogens with one attached hydrogen (secondary N) is 1. The quantitative estimate of drug-likeness (QED) is 0.648. The number of hydrogen-bond donors (Lipinski definition) is 1. The van der Waals surface area contributed by atoms with Gasteiger partial charge in [-0.3, -0.25) is 0 Å². The van der Waals surface area contributed by atoms with Crippen LogP contribution in [0.25, 0.3) is 11.4 Å². The molecule has 2 amide bonds. The maximum Gasteiger partial charge on any atom is 0.322 e. The van der Waals surface area contributed by atoms with Gasteiger partial charge in [-0.1, -0.05) is 47.1 Å². The van der Waals surface area contributed by atoms with E-state index in [1.165, 1.54) is 0 Å². The lowest BCUT2D eigenvalue weighted by molar-refractivity contribution is 0.142. The molecular formula is C23H26N4O2. The van der Waals surface area contributed by atoms with Crippen LogP contribution in [0.4, 0.5) is 10.5 Å². The molecule has 150 valence electrons. The second kappa shape index (κ2) is 8.07. The van der Waals surface area contributed by atoms with Crippen LogP contribution in [-0.4, -0.2) is 27.6 Å². The van der Waals surface area contributed by atoms with E-state index >= 15 is 0 Å². The molecule has 6 heteroatoms. The van der Waals surface area contributed by atoms with Gasteiger partial charge in [-0.25, -0.2) is 4.79 Å². The van der Waals surface area contributed by atoms with Crippen molar-refractivity contribution >= 4 is 11.7 Å². The van der Waals surface area contributed by atoms with E-state index in [0.717, 1.165) is 47.2 Å². The van der Waals surface area contributed by atoms with Crippen molar-refractivity contribution in [2.24, 2.45) is 0 Å². The van der Waals surface area contributed by atoms with Crippen LogP contribution in [0, 0.1) is 20.8 Å². The Morgan fingerprint density at radius 2 is 1.86 bits per heavy atom. The molecule has 1 aliphatic rings. The summed E-state index contributed by atoms with van der Waals surface area (Å²) in [5.74, 6) is 1.06. The third-order valence-corrected chi connectivity index (χ3v) is 5.48. The summed E-state index contributed by atoms with van der Waals surface area (Å²) >= 11 is 0. The summed E-state index contributed by atoms with van der Waals surface area (Å²) in [7, 11) is 0. The van der Waals surface area contributed by atoms with Crippen LogP contribution in [0.2, 0.25) is 0 Å². The Morgan fingerprint density at radius 1 is 1.10 bits per heavy atom. The third-order valence-electron chi connectivity index (χ3n) is 5.48. The Labute approximate surface area is 170 Å². The molecule has 0 aliphatic carbocycles. The van der Waals surface area contributed by atoms with Gasteiger partial charge in [-0.2, -0.15) is 4.98 Å². The molecule has 0 bridgehead atoms. The van der Waals surface area contributed by atoms with Gasteiger partial charge in [0, 0.05) is 17.8 Å². The summed E-state index contributed by atoms with van der Waals surface area (Å²) in [4.78, 5) is 19.5. The number of benzene rings is 2. The van der Waals surface area contributed by atoms with Crippen molar-refractivity contribution in [3.8, 4) is 11.4 Å². The van der Waals surface area contributed by atoms with Crippen LogP contribution in [0.1, 0.15) is 47.9 Å². The van der Waals surface area contributed by atoms with E-state index in [4.69, 9.17) is 4.52 Å². The van der Waals surface area contributed by atoms with Gasteiger partial charge in [0.1, 0.15) is 6.04 Å². The minimum atomic E-state index is -0.209. The van der Waals surface area contributed by atoms with Crippen LogP contribution in [0.5, 0.6) is 0 Å². The first-order valence-electron chi connectivity index (χ1n) is 10.1. The topological polar surface area (TPSA) is 71.3 Å². The van der Waals surface area contributed by atoms with E-state index < -0.39 is 0 Å². The monoisotopic (exact) mass is 390 g/mol. The summed E-state index contributed by atoms with van der Waals surface area (Å²) in [5, 5.41) is 7.26. The summed E-state index contributed by atoms with van der Waals surface area (Å²) in [6.45, 7) is 6.71. The Balaban J connectivity index is 1.57. The van der Waals surface area contributed by atoms with E-state index in [1.807, 2.05) is 68.1 Å². The summed E-state index contributed by atoms with van der Waals surface area (Å²) in [6, 6.07) is 13.7. The first-order chi connectivity index (χ1) is 14.0. The van der Waals surface area contributed by atoms with E-state index in [2.05, 4.69) is 15.5 Å². The molecule has 3 aromatic rings. The molecule has 1 N–H and O–H groups in total. The lowest BCUT2D eigenvalue weighted by Crippen LogP contribution is -2.41. The predicted molar refractivity (Wildman–Crippen MR) is 113 cm³/mol. The molecule has 0 saturated carbocycles. The fourth-order valence-corrected chi connectivity index (χ4v) is 3.89. The number of aromatic nitrogens is 2. The Bertz CT molecular complexity index is 1010. The number of para-hydroxylation sites is 1. The smallest absolute Gasteiger partial charge is 0.322 e. The molecule has 2 aromatic carbocycles. The average molecular weight is 390 g/mol. The van der Waals surface area contributed by atoms with E-state index in [-0.39, 0.29) is 12.1 Å². The second-order valence-electron chi connectivity index (χ2n) is 7.73. The van der Waals surface area contributed by atoms with Gasteiger partial charge in [-0.05, 0) is 57.2 Å². The number of amides is 2. The number of anilines is 1. The van der Waals surface area contributed by atoms with Crippen molar-refractivity contribution in [2.75, 3.05) is 11.9 Å². The van der Waals surface area contributed by atoms with Crippen molar-refractivity contribution in [1.29, 1.82) is 0 Å². The standard InChI is InChI=1S/C23H26N4O2/c1-15-8-6-11-18(14-15)21-25-22(29-26-21)19-12-4-5-13-27(19)23(28)24-20-16(2)9-7-10-17(20)3/h6-11,14,19H,4-5,12-13H2,1-3H3,(H,24,28). The summed E-state index contributed by atoms with van der Waals surface area (Å²) in [6.07, 6.45) is 2.81. The molecule has 1 unspecified atom stereocenters. The zero-order valence-corrected chi connectivity index (χ0v) is 17.1. The van der Waals surface area contributed by atoms with Crippen LogP contribution < -0.4 is 5.32 Å². The normalized spacial score (nSPS) is 16.7. The lowest BCUT2D eigenvalue weighted by atomic mass is 10.0. The first kappa shape index (κ1) is 19.2. The third kappa shape index (κ3) is 4.01. The number of carbonyl (C=O) groups is 1. The molecule has 1 fully saturated rings. The highest BCUT2D eigenvalue weighted by Gasteiger charge is 2.32. The molecule has 0 spiro atoms. The minimum absolute atomic E-state index is 0.123. The molecular weight excluding hydrogens is 364 g/mol. The molecule has 1 saturated heterocycles. The molecule has 2 heterocycles. The fraction of sp³-hybridized carbons (Fsp3) is 0.348. The van der Waals surface area contributed by atoms with Crippen LogP contribution in [0.3, 0.4) is 0 Å². The van der Waals surface area contributed by atoms with Gasteiger partial charge in [0.2, 0.25) is 11.7 Å². The summed E-state index contributed by atoms with van der Waals surface area (Å²) in [5.41, 5.74) is 5.02. The largest absolute Gasteiger partial charge is 0.337 e. The van der Waals surface area contributed by atoms with Crippen molar-refractivity contribution in [3.63, 3.8) is 0 Å². The van der Waals surface area contributed by atoms with Crippen LogP contribution in [-0.2, 0) is 0 Å². The van der Waals surface area contributed by atoms with E-state index in [1.54, 1.807) is 0 Å². The number of rotatable bonds is 3. The highest BCUT2D eigenvalue weighted by molar-refractivity contribution is 5.91. The van der Waals surface area contributed by atoms with Crippen molar-refractivity contribution in [3.05, 3.63) is 65.0 Å². The average Bonchev–Trinajstić information content (AvgIpc) is 3.21. The van der Waals surface area contributed by atoms with Gasteiger partial charge in [-0.15, -0.1) is 0 Å². The van der Waals surface area contributed by atoms with Gasteiger partial charge in [0.25, 0.3) is 0 Å². The highest BCUT2D eigenvalue weighted by Crippen LogP contribution is 2.32.